The van der Waals surface area contributed by atoms with Crippen LogP contribution in [0, 0.1) is 0 Å². The summed E-state index contributed by atoms with van der Waals surface area (Å²) in [5, 5.41) is 21.4. The van der Waals surface area contributed by atoms with Gasteiger partial charge in [0.25, 0.3) is 0 Å². The van der Waals surface area contributed by atoms with Crippen LogP contribution in [0.2, 0.25) is 0 Å². The van der Waals surface area contributed by atoms with Gasteiger partial charge in [-0.1, -0.05) is 0 Å². The lowest BCUT2D eigenvalue weighted by molar-refractivity contribution is 0.0808. The highest BCUT2D eigenvalue weighted by Gasteiger charge is 2.45. The van der Waals surface area contributed by atoms with E-state index in [0.717, 1.165) is 0 Å². The van der Waals surface area contributed by atoms with Crippen molar-refractivity contribution in [3.05, 3.63) is 0 Å². The largest absolute Gasteiger partial charge is 0.465 e. The zero-order valence-corrected chi connectivity index (χ0v) is 6.60. The van der Waals surface area contributed by atoms with Crippen molar-refractivity contribution in [3.8, 4) is 0 Å². The van der Waals surface area contributed by atoms with Crippen LogP contribution in [0.3, 0.4) is 0 Å². The summed E-state index contributed by atoms with van der Waals surface area (Å²) in [5.41, 5.74) is 0. The lowest BCUT2D eigenvalue weighted by atomic mass is 10.2. The SMILES string of the molecule is O=C(O)N1[C@@H]2CNC[C@H]1[C@@H](O)C2. The average molecular weight is 172 g/mol. The number of nitrogens with one attached hydrogen (secondary N) is 1. The maximum atomic E-state index is 10.7. The number of amides is 1. The van der Waals surface area contributed by atoms with Crippen molar-refractivity contribution in [2.24, 2.45) is 0 Å². The Labute approximate surface area is 70.0 Å². The standard InChI is InChI=1S/C7H12N2O3/c10-6-1-4-2-8-3-5(6)9(4)7(11)12/h4-6,8,10H,1-3H2,(H,11,12)/t4-,5-,6-/m0/s1. The molecule has 3 N–H and O–H groups in total. The van der Waals surface area contributed by atoms with Gasteiger partial charge in [0.15, 0.2) is 0 Å². The van der Waals surface area contributed by atoms with E-state index < -0.39 is 12.2 Å². The van der Waals surface area contributed by atoms with Crippen LogP contribution in [-0.2, 0) is 0 Å². The van der Waals surface area contributed by atoms with Gasteiger partial charge >= 0.3 is 6.09 Å². The molecule has 0 aromatic heterocycles. The molecule has 1 amide bonds. The summed E-state index contributed by atoms with van der Waals surface area (Å²) in [6.07, 6.45) is -0.826. The summed E-state index contributed by atoms with van der Waals surface area (Å²) in [6.45, 7) is 1.24. The third kappa shape index (κ3) is 0.971. The molecule has 0 radical (unpaired) electrons. The van der Waals surface area contributed by atoms with Gasteiger partial charge in [0.1, 0.15) is 0 Å². The van der Waals surface area contributed by atoms with Gasteiger partial charge in [-0.25, -0.2) is 4.79 Å². The lowest BCUT2D eigenvalue weighted by Crippen LogP contribution is -2.55. The molecule has 5 heteroatoms. The van der Waals surface area contributed by atoms with Crippen molar-refractivity contribution in [2.75, 3.05) is 13.1 Å². The summed E-state index contributed by atoms with van der Waals surface area (Å²) >= 11 is 0. The van der Waals surface area contributed by atoms with E-state index in [-0.39, 0.29) is 12.1 Å². The Morgan fingerprint density at radius 3 is 2.75 bits per heavy atom. The molecule has 2 heterocycles. The van der Waals surface area contributed by atoms with Gasteiger partial charge in [-0.2, -0.15) is 0 Å². The summed E-state index contributed by atoms with van der Waals surface area (Å²) in [4.78, 5) is 12.1. The van der Waals surface area contributed by atoms with E-state index in [1.165, 1.54) is 4.90 Å². The minimum Gasteiger partial charge on any atom is -0.465 e. The number of carboxylic acid groups (broad SMARTS) is 1. The second-order valence-electron chi connectivity index (χ2n) is 3.37. The molecular weight excluding hydrogens is 160 g/mol. The van der Waals surface area contributed by atoms with E-state index in [0.29, 0.717) is 19.5 Å². The number of fused-ring (bicyclic) bond motifs is 2. The Morgan fingerprint density at radius 2 is 2.25 bits per heavy atom. The molecule has 2 rings (SSSR count). The fourth-order valence-corrected chi connectivity index (χ4v) is 2.12. The number of piperazine rings is 1. The Hall–Kier alpha value is -0.810. The lowest BCUT2D eigenvalue weighted by Gasteiger charge is -2.32. The van der Waals surface area contributed by atoms with Crippen LogP contribution in [0.5, 0.6) is 0 Å². The smallest absolute Gasteiger partial charge is 0.407 e. The van der Waals surface area contributed by atoms with E-state index in [9.17, 15) is 9.90 Å². The number of aliphatic hydroxyl groups excluding tert-OH is 1. The van der Waals surface area contributed by atoms with Gasteiger partial charge in [-0.15, -0.1) is 0 Å². The number of hydrogen-bond acceptors (Lipinski definition) is 3. The second kappa shape index (κ2) is 2.60. The van der Waals surface area contributed by atoms with Crippen LogP contribution in [0.4, 0.5) is 4.79 Å². The van der Waals surface area contributed by atoms with Crippen LogP contribution in [0.15, 0.2) is 0 Å². The Bertz CT molecular complexity index is 209. The molecule has 0 unspecified atom stereocenters. The van der Waals surface area contributed by atoms with Crippen molar-refractivity contribution in [1.29, 1.82) is 0 Å². The number of hydrogen-bond donors (Lipinski definition) is 3. The first-order chi connectivity index (χ1) is 5.70. The van der Waals surface area contributed by atoms with Crippen molar-refractivity contribution >= 4 is 6.09 Å². The number of aliphatic hydroxyl groups is 1. The normalized spacial score (nSPS) is 40.1. The van der Waals surface area contributed by atoms with Crippen molar-refractivity contribution in [1.82, 2.24) is 10.2 Å². The zero-order valence-electron chi connectivity index (χ0n) is 6.60. The molecule has 0 aromatic carbocycles. The van der Waals surface area contributed by atoms with E-state index in [1.807, 2.05) is 0 Å². The highest BCUT2D eigenvalue weighted by molar-refractivity contribution is 5.67. The molecule has 3 atom stereocenters. The molecule has 68 valence electrons. The fraction of sp³-hybridized carbons (Fsp3) is 0.857. The van der Waals surface area contributed by atoms with Crippen molar-refractivity contribution in [3.63, 3.8) is 0 Å². The second-order valence-corrected chi connectivity index (χ2v) is 3.37. The Balaban J connectivity index is 2.19. The first kappa shape index (κ1) is 7.82. The van der Waals surface area contributed by atoms with E-state index in [4.69, 9.17) is 5.11 Å². The summed E-state index contributed by atoms with van der Waals surface area (Å²) in [7, 11) is 0. The number of carbonyl (C=O) groups is 1. The molecule has 0 spiro atoms. The average Bonchev–Trinajstić information content (AvgIpc) is 2.20. The first-order valence-electron chi connectivity index (χ1n) is 4.10. The number of rotatable bonds is 0. The Kier molecular flexibility index (Phi) is 1.69. The maximum absolute atomic E-state index is 10.7. The van der Waals surface area contributed by atoms with Crippen LogP contribution in [0.25, 0.3) is 0 Å². The minimum atomic E-state index is -0.914. The first-order valence-corrected chi connectivity index (χ1v) is 4.10. The van der Waals surface area contributed by atoms with Gasteiger partial charge in [0.05, 0.1) is 18.2 Å². The molecule has 2 fully saturated rings. The number of nitrogens with zero attached hydrogens (tertiary/aromatic N) is 1. The predicted molar refractivity (Wildman–Crippen MR) is 40.9 cm³/mol. The summed E-state index contributed by atoms with van der Waals surface area (Å²) in [5.74, 6) is 0. The molecule has 0 saturated carbocycles. The molecule has 0 aliphatic carbocycles. The molecule has 0 aromatic rings. The minimum absolute atomic E-state index is 0.0313. The highest BCUT2D eigenvalue weighted by atomic mass is 16.4. The van der Waals surface area contributed by atoms with Gasteiger partial charge in [-0.3, -0.25) is 4.90 Å². The van der Waals surface area contributed by atoms with E-state index in [1.54, 1.807) is 0 Å². The monoisotopic (exact) mass is 172 g/mol. The third-order valence-electron chi connectivity index (χ3n) is 2.66. The van der Waals surface area contributed by atoms with Crippen molar-refractivity contribution < 1.29 is 15.0 Å². The topological polar surface area (TPSA) is 72.8 Å². The molecule has 12 heavy (non-hydrogen) atoms. The molecule has 5 nitrogen and oxygen atoms in total. The van der Waals surface area contributed by atoms with Gasteiger partial charge in [-0.05, 0) is 6.42 Å². The molecular formula is C7H12N2O3. The summed E-state index contributed by atoms with van der Waals surface area (Å²) < 4.78 is 0. The highest BCUT2D eigenvalue weighted by Crippen LogP contribution is 2.26. The van der Waals surface area contributed by atoms with E-state index in [2.05, 4.69) is 5.32 Å². The third-order valence-corrected chi connectivity index (χ3v) is 2.66. The van der Waals surface area contributed by atoms with Crippen LogP contribution in [0.1, 0.15) is 6.42 Å². The van der Waals surface area contributed by atoms with E-state index >= 15 is 0 Å². The van der Waals surface area contributed by atoms with Crippen LogP contribution < -0.4 is 5.32 Å². The van der Waals surface area contributed by atoms with Crippen molar-refractivity contribution in [2.45, 2.75) is 24.6 Å². The van der Waals surface area contributed by atoms with Gasteiger partial charge in [0.2, 0.25) is 0 Å². The Morgan fingerprint density at radius 1 is 1.50 bits per heavy atom. The molecule has 2 aliphatic rings. The summed E-state index contributed by atoms with van der Waals surface area (Å²) in [6, 6.07) is -0.266. The zero-order chi connectivity index (χ0) is 8.72. The van der Waals surface area contributed by atoms with Crippen LogP contribution >= 0.6 is 0 Å². The van der Waals surface area contributed by atoms with Gasteiger partial charge in [0, 0.05) is 13.1 Å². The quantitative estimate of drug-likeness (QED) is 0.441. The van der Waals surface area contributed by atoms with Crippen LogP contribution in [-0.4, -0.2) is 52.5 Å². The molecule has 2 aliphatic heterocycles. The molecule has 2 saturated heterocycles. The predicted octanol–water partition coefficient (Wildman–Crippen LogP) is -0.929. The maximum Gasteiger partial charge on any atom is 0.407 e. The molecule has 2 bridgehead atoms. The fourth-order valence-electron chi connectivity index (χ4n) is 2.12. The van der Waals surface area contributed by atoms with Gasteiger partial charge < -0.3 is 15.5 Å².